The number of carbonyl (C=O) groups is 1. The Hall–Kier alpha value is -2.17. The van der Waals surface area contributed by atoms with Crippen molar-refractivity contribution in [3.8, 4) is 0 Å². The first kappa shape index (κ1) is 9.91. The highest BCUT2D eigenvalue weighted by Gasteiger charge is 2.01. The summed E-state index contributed by atoms with van der Waals surface area (Å²) in [6.45, 7) is 0. The van der Waals surface area contributed by atoms with E-state index in [1.54, 1.807) is 0 Å². The Morgan fingerprint density at radius 1 is 1.29 bits per heavy atom. The maximum atomic E-state index is 10.3. The Bertz CT molecular complexity index is 380. The molecule has 0 aliphatic carbocycles. The van der Waals surface area contributed by atoms with Crippen molar-refractivity contribution in [2.75, 3.05) is 0 Å². The van der Waals surface area contributed by atoms with Crippen LogP contribution in [0, 0.1) is 10.1 Å². The van der Waals surface area contributed by atoms with Crippen molar-refractivity contribution in [1.82, 2.24) is 0 Å². The first-order chi connectivity index (χ1) is 6.59. The molecule has 0 aliphatic rings. The van der Waals surface area contributed by atoms with Gasteiger partial charge in [0.25, 0.3) is 5.69 Å². The van der Waals surface area contributed by atoms with Crippen LogP contribution in [0.1, 0.15) is 5.56 Å². The summed E-state index contributed by atoms with van der Waals surface area (Å²) in [6, 6.07) is 5.51. The molecular formula is C9H6NO4-. The van der Waals surface area contributed by atoms with Crippen LogP contribution in [-0.4, -0.2) is 10.9 Å². The second-order valence-corrected chi connectivity index (χ2v) is 2.50. The number of hydrogen-bond donors (Lipinski definition) is 0. The zero-order valence-corrected chi connectivity index (χ0v) is 7.04. The van der Waals surface area contributed by atoms with Gasteiger partial charge in [-0.1, -0.05) is 6.08 Å². The van der Waals surface area contributed by atoms with Crippen LogP contribution in [0.15, 0.2) is 30.3 Å². The highest BCUT2D eigenvalue weighted by Crippen LogP contribution is 2.12. The quantitative estimate of drug-likeness (QED) is 0.393. The fourth-order valence-corrected chi connectivity index (χ4v) is 0.871. The number of nitro groups is 1. The van der Waals surface area contributed by atoms with Crippen LogP contribution in [0.25, 0.3) is 6.08 Å². The lowest BCUT2D eigenvalue weighted by atomic mass is 10.2. The Labute approximate surface area is 79.4 Å². The minimum absolute atomic E-state index is 0.0319. The Morgan fingerprint density at radius 3 is 2.29 bits per heavy atom. The number of carboxylic acid groups (broad SMARTS) is 1. The minimum Gasteiger partial charge on any atom is -0.545 e. The maximum absolute atomic E-state index is 10.3. The van der Waals surface area contributed by atoms with Gasteiger partial charge in [-0.3, -0.25) is 10.1 Å². The molecule has 0 saturated heterocycles. The van der Waals surface area contributed by atoms with Crippen molar-refractivity contribution in [3.05, 3.63) is 46.0 Å². The van der Waals surface area contributed by atoms with Gasteiger partial charge in [-0.05, 0) is 23.8 Å². The third kappa shape index (κ3) is 2.71. The Morgan fingerprint density at radius 2 is 1.86 bits per heavy atom. The summed E-state index contributed by atoms with van der Waals surface area (Å²) in [7, 11) is 0. The molecule has 0 aliphatic heterocycles. The number of non-ortho nitro benzene ring substituents is 1. The maximum Gasteiger partial charge on any atom is 0.269 e. The monoisotopic (exact) mass is 192 g/mol. The number of nitro benzene ring substituents is 1. The minimum atomic E-state index is -1.30. The Kier molecular flexibility index (Phi) is 2.96. The molecule has 0 bridgehead atoms. The number of benzene rings is 1. The van der Waals surface area contributed by atoms with Gasteiger partial charge < -0.3 is 9.90 Å². The van der Waals surface area contributed by atoms with E-state index in [4.69, 9.17) is 0 Å². The van der Waals surface area contributed by atoms with Gasteiger partial charge >= 0.3 is 0 Å². The average Bonchev–Trinajstić information content (AvgIpc) is 2.15. The second-order valence-electron chi connectivity index (χ2n) is 2.50. The zero-order valence-electron chi connectivity index (χ0n) is 7.04. The molecule has 0 aromatic heterocycles. The van der Waals surface area contributed by atoms with Gasteiger partial charge in [-0.25, -0.2) is 0 Å². The molecule has 5 nitrogen and oxygen atoms in total. The smallest absolute Gasteiger partial charge is 0.269 e. The van der Waals surface area contributed by atoms with Crippen molar-refractivity contribution in [2.45, 2.75) is 0 Å². The predicted molar refractivity (Wildman–Crippen MR) is 47.1 cm³/mol. The van der Waals surface area contributed by atoms with Crippen LogP contribution in [0.5, 0.6) is 0 Å². The first-order valence-corrected chi connectivity index (χ1v) is 3.73. The molecular weight excluding hydrogens is 186 g/mol. The molecule has 0 saturated carbocycles. The normalized spacial score (nSPS) is 10.3. The second kappa shape index (κ2) is 4.18. The molecule has 0 unspecified atom stereocenters. The summed E-state index contributed by atoms with van der Waals surface area (Å²) in [5, 5.41) is 20.3. The lowest BCUT2D eigenvalue weighted by Gasteiger charge is -1.94. The van der Waals surface area contributed by atoms with Crippen LogP contribution >= 0.6 is 0 Å². The van der Waals surface area contributed by atoms with Gasteiger partial charge in [0.1, 0.15) is 0 Å². The molecule has 0 heterocycles. The predicted octanol–water partition coefficient (Wildman–Crippen LogP) is 0.358. The SMILES string of the molecule is O=C([O-])/C=C\c1ccc([N+](=O)[O-])cc1. The van der Waals surface area contributed by atoms with E-state index in [0.29, 0.717) is 5.56 Å². The summed E-state index contributed by atoms with van der Waals surface area (Å²) in [4.78, 5) is 19.8. The van der Waals surface area contributed by atoms with E-state index in [2.05, 4.69) is 0 Å². The van der Waals surface area contributed by atoms with E-state index < -0.39 is 10.9 Å². The van der Waals surface area contributed by atoms with Crippen LogP contribution in [0.3, 0.4) is 0 Å². The molecule has 5 heteroatoms. The highest BCUT2D eigenvalue weighted by molar-refractivity contribution is 5.83. The van der Waals surface area contributed by atoms with Gasteiger partial charge in [-0.15, -0.1) is 0 Å². The van der Waals surface area contributed by atoms with Crippen molar-refractivity contribution in [2.24, 2.45) is 0 Å². The number of carboxylic acids is 1. The highest BCUT2D eigenvalue weighted by atomic mass is 16.6. The van der Waals surface area contributed by atoms with E-state index in [9.17, 15) is 20.0 Å². The molecule has 1 rings (SSSR count). The van der Waals surface area contributed by atoms with E-state index >= 15 is 0 Å². The molecule has 1 aromatic carbocycles. The molecule has 72 valence electrons. The zero-order chi connectivity index (χ0) is 10.6. The molecule has 0 spiro atoms. The topological polar surface area (TPSA) is 83.3 Å². The number of hydrogen-bond acceptors (Lipinski definition) is 4. The number of carbonyl (C=O) groups excluding carboxylic acids is 1. The summed E-state index contributed by atoms with van der Waals surface area (Å²) < 4.78 is 0. The standard InChI is InChI=1S/C9H7NO4/c11-9(12)6-3-7-1-4-8(5-2-7)10(13)14/h1-6H,(H,11,12)/p-1/b6-3-. The van der Waals surface area contributed by atoms with Gasteiger partial charge in [0.05, 0.1) is 10.9 Å². The largest absolute Gasteiger partial charge is 0.545 e. The van der Waals surface area contributed by atoms with Crippen LogP contribution < -0.4 is 5.11 Å². The number of aliphatic carboxylic acids is 1. The van der Waals surface area contributed by atoms with Crippen molar-refractivity contribution >= 4 is 17.7 Å². The fourth-order valence-electron chi connectivity index (χ4n) is 0.871. The Balaban J connectivity index is 2.83. The molecule has 14 heavy (non-hydrogen) atoms. The van der Waals surface area contributed by atoms with Crippen molar-refractivity contribution < 1.29 is 14.8 Å². The van der Waals surface area contributed by atoms with E-state index in [-0.39, 0.29) is 5.69 Å². The molecule has 0 N–H and O–H groups in total. The van der Waals surface area contributed by atoms with Gasteiger partial charge in [0.15, 0.2) is 0 Å². The molecule has 0 atom stereocenters. The summed E-state index contributed by atoms with van der Waals surface area (Å²) >= 11 is 0. The first-order valence-electron chi connectivity index (χ1n) is 3.73. The number of nitrogens with zero attached hydrogens (tertiary/aromatic N) is 1. The van der Waals surface area contributed by atoms with E-state index in [0.717, 1.165) is 6.08 Å². The third-order valence-electron chi connectivity index (χ3n) is 1.52. The lowest BCUT2D eigenvalue weighted by molar-refractivity contribution is -0.384. The number of rotatable bonds is 3. The van der Waals surface area contributed by atoms with Gasteiger partial charge in [0.2, 0.25) is 0 Å². The summed E-state index contributed by atoms with van der Waals surface area (Å²) in [5.74, 6) is -1.30. The molecule has 0 fully saturated rings. The van der Waals surface area contributed by atoms with Crippen LogP contribution in [-0.2, 0) is 4.79 Å². The van der Waals surface area contributed by atoms with Crippen LogP contribution in [0.4, 0.5) is 5.69 Å². The molecule has 0 radical (unpaired) electrons. The summed E-state index contributed by atoms with van der Waals surface area (Å²) in [5.41, 5.74) is 0.537. The van der Waals surface area contributed by atoms with E-state index in [1.165, 1.54) is 30.3 Å². The lowest BCUT2D eigenvalue weighted by Crippen LogP contribution is -2.18. The van der Waals surface area contributed by atoms with Gasteiger partial charge in [0, 0.05) is 12.1 Å². The fraction of sp³-hybridized carbons (Fsp3) is 0. The average molecular weight is 192 g/mol. The summed E-state index contributed by atoms with van der Waals surface area (Å²) in [6.07, 6.45) is 2.17. The molecule has 0 amide bonds. The van der Waals surface area contributed by atoms with Crippen LogP contribution in [0.2, 0.25) is 0 Å². The molecule has 1 aromatic rings. The van der Waals surface area contributed by atoms with Crippen molar-refractivity contribution in [3.63, 3.8) is 0 Å². The third-order valence-corrected chi connectivity index (χ3v) is 1.52. The van der Waals surface area contributed by atoms with Gasteiger partial charge in [-0.2, -0.15) is 0 Å². The van der Waals surface area contributed by atoms with Crippen molar-refractivity contribution in [1.29, 1.82) is 0 Å². The van der Waals surface area contributed by atoms with E-state index in [1.807, 2.05) is 0 Å².